The molecule has 0 saturated heterocycles. The van der Waals surface area contributed by atoms with Crippen LogP contribution < -0.4 is 0 Å². The van der Waals surface area contributed by atoms with E-state index >= 15 is 0 Å². The maximum absolute atomic E-state index is 12.8. The fourth-order valence-electron chi connectivity index (χ4n) is 3.06. The number of carbonyl (C=O) groups is 2. The van der Waals surface area contributed by atoms with E-state index in [9.17, 15) is 19.7 Å². The van der Waals surface area contributed by atoms with Gasteiger partial charge in [0.2, 0.25) is 0 Å². The number of hydrogen-bond acceptors (Lipinski definition) is 5. The Bertz CT molecular complexity index is 806. The van der Waals surface area contributed by atoms with Gasteiger partial charge in [-0.2, -0.15) is 0 Å². The van der Waals surface area contributed by atoms with Crippen LogP contribution >= 0.6 is 11.8 Å². The molecule has 0 aliphatic heterocycles. The first-order chi connectivity index (χ1) is 12.1. The van der Waals surface area contributed by atoms with Gasteiger partial charge < -0.3 is 0 Å². The number of nitro benzene ring substituents is 1. The number of hydrogen-bond donors (Lipinski definition) is 0. The molecule has 2 atom stereocenters. The molecule has 1 aliphatic rings. The molecule has 0 spiro atoms. The smallest absolute Gasteiger partial charge is 0.282 e. The molecule has 1 aliphatic carbocycles. The second kappa shape index (κ2) is 7.61. The van der Waals surface area contributed by atoms with E-state index in [2.05, 4.69) is 0 Å². The summed E-state index contributed by atoms with van der Waals surface area (Å²) < 4.78 is 0. The lowest BCUT2D eigenvalue weighted by atomic mass is 9.82. The number of benzene rings is 2. The first-order valence-electron chi connectivity index (χ1n) is 8.11. The molecule has 2 aromatic carbocycles. The molecule has 3 rings (SSSR count). The minimum atomic E-state index is -0.656. The van der Waals surface area contributed by atoms with Gasteiger partial charge in [0.15, 0.2) is 11.6 Å². The minimum absolute atomic E-state index is 0.00295. The largest absolute Gasteiger partial charge is 0.298 e. The van der Waals surface area contributed by atoms with Crippen molar-refractivity contribution in [2.24, 2.45) is 5.92 Å². The summed E-state index contributed by atoms with van der Waals surface area (Å²) in [5, 5.41) is 10.7. The predicted molar refractivity (Wildman–Crippen MR) is 95.9 cm³/mol. The number of carbonyl (C=O) groups excluding carboxylic acids is 2. The first-order valence-corrected chi connectivity index (χ1v) is 8.99. The summed E-state index contributed by atoms with van der Waals surface area (Å²) in [7, 11) is 0. The lowest BCUT2D eigenvalue weighted by Gasteiger charge is -2.26. The van der Waals surface area contributed by atoms with Crippen LogP contribution in [0.15, 0.2) is 59.5 Å². The molecule has 128 valence electrons. The summed E-state index contributed by atoms with van der Waals surface area (Å²) in [4.78, 5) is 36.6. The molecule has 25 heavy (non-hydrogen) atoms. The van der Waals surface area contributed by atoms with Crippen molar-refractivity contribution in [1.29, 1.82) is 0 Å². The Morgan fingerprint density at radius 2 is 1.72 bits per heavy atom. The quantitative estimate of drug-likeness (QED) is 0.346. The van der Waals surface area contributed by atoms with Gasteiger partial charge >= 0.3 is 0 Å². The third-order valence-electron chi connectivity index (χ3n) is 4.33. The van der Waals surface area contributed by atoms with Crippen LogP contribution in [0, 0.1) is 16.0 Å². The van der Waals surface area contributed by atoms with Crippen LogP contribution in [0.25, 0.3) is 0 Å². The summed E-state index contributed by atoms with van der Waals surface area (Å²) in [5.41, 5.74) is 0.536. The van der Waals surface area contributed by atoms with Crippen molar-refractivity contribution in [1.82, 2.24) is 0 Å². The van der Waals surface area contributed by atoms with E-state index in [1.807, 2.05) is 6.07 Å². The molecule has 1 fully saturated rings. The zero-order valence-electron chi connectivity index (χ0n) is 13.5. The molecular weight excluding hydrogens is 338 g/mol. The van der Waals surface area contributed by atoms with Crippen LogP contribution in [0.2, 0.25) is 0 Å². The maximum atomic E-state index is 12.8. The van der Waals surface area contributed by atoms with Crippen LogP contribution in [0.5, 0.6) is 0 Å². The number of nitro groups is 1. The van der Waals surface area contributed by atoms with E-state index in [-0.39, 0.29) is 17.3 Å². The summed E-state index contributed by atoms with van der Waals surface area (Å²) in [6.45, 7) is 0. The van der Waals surface area contributed by atoms with E-state index in [0.29, 0.717) is 23.3 Å². The molecule has 5 nitrogen and oxygen atoms in total. The third kappa shape index (κ3) is 3.79. The second-order valence-corrected chi connectivity index (χ2v) is 7.19. The molecule has 6 heteroatoms. The van der Waals surface area contributed by atoms with E-state index in [0.717, 1.165) is 6.42 Å². The Labute approximate surface area is 149 Å². The fourth-order valence-corrected chi connectivity index (χ4v) is 4.35. The van der Waals surface area contributed by atoms with Gasteiger partial charge in [0.05, 0.1) is 21.0 Å². The molecule has 0 bridgehead atoms. The van der Waals surface area contributed by atoms with Gasteiger partial charge in [-0.05, 0) is 18.9 Å². The number of para-hydroxylation sites is 1. The van der Waals surface area contributed by atoms with Crippen molar-refractivity contribution < 1.29 is 14.5 Å². The summed E-state index contributed by atoms with van der Waals surface area (Å²) in [6.07, 6.45) is 1.93. The molecule has 0 aromatic heterocycles. The fraction of sp³-hybridized carbons (Fsp3) is 0.263. The summed E-state index contributed by atoms with van der Waals surface area (Å²) >= 11 is 1.20. The lowest BCUT2D eigenvalue weighted by molar-refractivity contribution is -0.387. The van der Waals surface area contributed by atoms with Gasteiger partial charge in [-0.3, -0.25) is 19.7 Å². The summed E-state index contributed by atoms with van der Waals surface area (Å²) in [5.74, 6) is -0.932. The van der Waals surface area contributed by atoms with Crippen LogP contribution in [-0.2, 0) is 4.79 Å². The number of rotatable bonds is 5. The molecule has 0 N–H and O–H groups in total. The average molecular weight is 355 g/mol. The van der Waals surface area contributed by atoms with Crippen LogP contribution in [-0.4, -0.2) is 21.7 Å². The molecule has 2 aromatic rings. The summed E-state index contributed by atoms with van der Waals surface area (Å²) in [6, 6.07) is 15.2. The lowest BCUT2D eigenvalue weighted by Crippen LogP contribution is -2.35. The maximum Gasteiger partial charge on any atom is 0.282 e. The van der Waals surface area contributed by atoms with Crippen molar-refractivity contribution in [3.8, 4) is 0 Å². The SMILES string of the molecule is O=C(c1ccccc1)C1CCCC(Sc2ccccc2[N+](=O)[O-])C1=O. The Kier molecular flexibility index (Phi) is 5.28. The number of Topliss-reactive ketones (excluding diaryl/α,β-unsaturated/α-hetero) is 2. The van der Waals surface area contributed by atoms with Gasteiger partial charge in [-0.25, -0.2) is 0 Å². The van der Waals surface area contributed by atoms with Crippen LogP contribution in [0.3, 0.4) is 0 Å². The highest BCUT2D eigenvalue weighted by Crippen LogP contribution is 2.38. The molecule has 0 amide bonds. The topological polar surface area (TPSA) is 77.3 Å². The zero-order valence-corrected chi connectivity index (χ0v) is 14.3. The average Bonchev–Trinajstić information content (AvgIpc) is 2.64. The minimum Gasteiger partial charge on any atom is -0.298 e. The monoisotopic (exact) mass is 355 g/mol. The highest BCUT2D eigenvalue weighted by atomic mass is 32.2. The van der Waals surface area contributed by atoms with Gasteiger partial charge in [-0.1, -0.05) is 48.9 Å². The van der Waals surface area contributed by atoms with Crippen molar-refractivity contribution in [3.63, 3.8) is 0 Å². The number of nitrogens with zero attached hydrogens (tertiary/aromatic N) is 1. The molecule has 0 heterocycles. The zero-order chi connectivity index (χ0) is 17.8. The van der Waals surface area contributed by atoms with Crippen molar-refractivity contribution in [3.05, 3.63) is 70.3 Å². The van der Waals surface area contributed by atoms with Gasteiger partial charge in [0, 0.05) is 11.6 Å². The van der Waals surface area contributed by atoms with E-state index in [1.165, 1.54) is 17.8 Å². The van der Waals surface area contributed by atoms with Gasteiger partial charge in [-0.15, -0.1) is 11.8 Å². The van der Waals surface area contributed by atoms with Gasteiger partial charge in [0.25, 0.3) is 5.69 Å². The third-order valence-corrected chi connectivity index (χ3v) is 5.68. The standard InChI is InChI=1S/C19H17NO4S/c21-18(13-7-2-1-3-8-13)14-9-6-12-17(19(14)22)25-16-11-5-4-10-15(16)20(23)24/h1-5,7-8,10-11,14,17H,6,9,12H2. The molecule has 1 saturated carbocycles. The normalized spacial score (nSPS) is 20.2. The Balaban J connectivity index is 1.79. The Morgan fingerprint density at radius 3 is 2.44 bits per heavy atom. The Morgan fingerprint density at radius 1 is 1.04 bits per heavy atom. The van der Waals surface area contributed by atoms with Crippen molar-refractivity contribution >= 4 is 29.0 Å². The predicted octanol–water partition coefficient (Wildman–Crippen LogP) is 4.31. The van der Waals surface area contributed by atoms with E-state index in [1.54, 1.807) is 42.5 Å². The van der Waals surface area contributed by atoms with Crippen LogP contribution in [0.4, 0.5) is 5.69 Å². The van der Waals surface area contributed by atoms with Crippen molar-refractivity contribution in [2.75, 3.05) is 0 Å². The first kappa shape index (κ1) is 17.4. The highest BCUT2D eigenvalue weighted by Gasteiger charge is 2.37. The van der Waals surface area contributed by atoms with Gasteiger partial charge in [0.1, 0.15) is 0 Å². The molecule has 2 unspecified atom stereocenters. The Hall–Kier alpha value is -2.47. The van der Waals surface area contributed by atoms with E-state index < -0.39 is 16.1 Å². The second-order valence-electron chi connectivity index (χ2n) is 5.95. The van der Waals surface area contributed by atoms with Crippen LogP contribution in [0.1, 0.15) is 29.6 Å². The van der Waals surface area contributed by atoms with Crippen molar-refractivity contribution in [2.45, 2.75) is 29.4 Å². The van der Waals surface area contributed by atoms with E-state index in [4.69, 9.17) is 0 Å². The molecule has 0 radical (unpaired) electrons. The highest BCUT2D eigenvalue weighted by molar-refractivity contribution is 8.00. The number of ketones is 2. The number of thioether (sulfide) groups is 1. The molecular formula is C19H17NO4S.